The van der Waals surface area contributed by atoms with Gasteiger partial charge in [0.2, 0.25) is 0 Å². The Hall–Kier alpha value is -1.35. The number of aldehydes is 1. The van der Waals surface area contributed by atoms with Crippen molar-refractivity contribution >= 4 is 6.29 Å². The first-order valence-electron chi connectivity index (χ1n) is 3.91. The van der Waals surface area contributed by atoms with Crippen LogP contribution in [0.2, 0.25) is 0 Å². The molecule has 0 unspecified atom stereocenters. The second-order valence-corrected chi connectivity index (χ2v) is 3.05. The molecule has 72 valence electrons. The molecule has 0 aliphatic heterocycles. The number of hydrogen-bond acceptors (Lipinski definition) is 3. The molecule has 0 amide bonds. The third-order valence-corrected chi connectivity index (χ3v) is 1.03. The number of nitrogens with zero attached hydrogens (tertiary/aromatic N) is 1. The number of carbonyl (C=O) groups is 1. The summed E-state index contributed by atoms with van der Waals surface area (Å²) in [6, 6.07) is 6.07. The van der Waals surface area contributed by atoms with Crippen molar-refractivity contribution in [1.29, 1.82) is 0 Å². The normalized spacial score (nSPS) is 8.92. The van der Waals surface area contributed by atoms with E-state index in [-0.39, 0.29) is 5.75 Å². The Labute approximate surface area is 78.6 Å². The van der Waals surface area contributed by atoms with Crippen molar-refractivity contribution < 1.29 is 9.90 Å². The molecule has 1 N–H and O–H groups in total. The van der Waals surface area contributed by atoms with Gasteiger partial charge in [0.15, 0.2) is 0 Å². The summed E-state index contributed by atoms with van der Waals surface area (Å²) < 4.78 is 0. The predicted molar refractivity (Wildman–Crippen MR) is 53.1 cm³/mol. The van der Waals surface area contributed by atoms with Crippen LogP contribution in [0.15, 0.2) is 24.3 Å². The first-order valence-corrected chi connectivity index (χ1v) is 3.91. The average molecular weight is 181 g/mol. The zero-order valence-electron chi connectivity index (χ0n) is 8.19. The van der Waals surface area contributed by atoms with E-state index in [0.29, 0.717) is 5.56 Å². The highest BCUT2D eigenvalue weighted by Gasteiger charge is 1.86. The molecule has 1 aromatic carbocycles. The SMILES string of the molecule is CN(C)C.O=Cc1ccc(O)cc1. The summed E-state index contributed by atoms with van der Waals surface area (Å²) in [5, 5.41) is 8.74. The molecule has 0 bridgehead atoms. The van der Waals surface area contributed by atoms with Crippen molar-refractivity contribution in [2.24, 2.45) is 0 Å². The lowest BCUT2D eigenvalue weighted by Crippen LogP contribution is -1.99. The summed E-state index contributed by atoms with van der Waals surface area (Å²) in [4.78, 5) is 12.0. The van der Waals surface area contributed by atoms with Crippen LogP contribution in [0, 0.1) is 0 Å². The maximum Gasteiger partial charge on any atom is 0.150 e. The molecule has 0 aromatic heterocycles. The zero-order valence-corrected chi connectivity index (χ0v) is 8.19. The summed E-state index contributed by atoms with van der Waals surface area (Å²) >= 11 is 0. The first-order chi connectivity index (χ1) is 6.06. The van der Waals surface area contributed by atoms with E-state index in [9.17, 15) is 4.79 Å². The van der Waals surface area contributed by atoms with Gasteiger partial charge >= 0.3 is 0 Å². The van der Waals surface area contributed by atoms with E-state index in [0.717, 1.165) is 6.29 Å². The summed E-state index contributed by atoms with van der Waals surface area (Å²) in [7, 11) is 6.00. The maximum atomic E-state index is 10.0. The lowest BCUT2D eigenvalue weighted by Gasteiger charge is -1.90. The molecule has 0 radical (unpaired) electrons. The highest BCUT2D eigenvalue weighted by molar-refractivity contribution is 5.74. The number of phenolic OH excluding ortho intramolecular Hbond substituents is 1. The number of aromatic hydroxyl groups is 1. The van der Waals surface area contributed by atoms with Crippen LogP contribution in [0.5, 0.6) is 5.75 Å². The Balaban J connectivity index is 0.000000310. The first kappa shape index (κ1) is 11.6. The van der Waals surface area contributed by atoms with Gasteiger partial charge < -0.3 is 10.0 Å². The summed E-state index contributed by atoms with van der Waals surface area (Å²) in [5.74, 6) is 0.181. The van der Waals surface area contributed by atoms with E-state index >= 15 is 0 Å². The summed E-state index contributed by atoms with van der Waals surface area (Å²) in [6.07, 6.45) is 0.736. The maximum absolute atomic E-state index is 10.0. The minimum Gasteiger partial charge on any atom is -0.508 e. The third-order valence-electron chi connectivity index (χ3n) is 1.03. The van der Waals surface area contributed by atoms with Crippen LogP contribution >= 0.6 is 0 Å². The van der Waals surface area contributed by atoms with Gasteiger partial charge in [-0.25, -0.2) is 0 Å². The van der Waals surface area contributed by atoms with Crippen LogP contribution < -0.4 is 0 Å². The third kappa shape index (κ3) is 7.03. The van der Waals surface area contributed by atoms with Crippen LogP contribution in [0.3, 0.4) is 0 Å². The molecule has 0 atom stereocenters. The van der Waals surface area contributed by atoms with Crippen LogP contribution in [0.25, 0.3) is 0 Å². The molecule has 1 rings (SSSR count). The predicted octanol–water partition coefficient (Wildman–Crippen LogP) is 1.38. The number of benzene rings is 1. The lowest BCUT2D eigenvalue weighted by atomic mass is 10.2. The Morgan fingerprint density at radius 1 is 1.15 bits per heavy atom. The fraction of sp³-hybridized carbons (Fsp3) is 0.300. The van der Waals surface area contributed by atoms with Crippen molar-refractivity contribution in [1.82, 2.24) is 4.90 Å². The van der Waals surface area contributed by atoms with E-state index in [1.165, 1.54) is 12.1 Å². The molecule has 0 spiro atoms. The molecule has 0 aliphatic rings. The molecular weight excluding hydrogens is 166 g/mol. The van der Waals surface area contributed by atoms with Gasteiger partial charge in [-0.1, -0.05) is 0 Å². The van der Waals surface area contributed by atoms with Crippen molar-refractivity contribution in [3.8, 4) is 5.75 Å². The van der Waals surface area contributed by atoms with Crippen LogP contribution in [-0.4, -0.2) is 37.4 Å². The molecular formula is C10H15NO2. The van der Waals surface area contributed by atoms with Crippen molar-refractivity contribution in [2.45, 2.75) is 0 Å². The standard InChI is InChI=1S/C7H6O2.C3H9N/c8-5-6-1-3-7(9)4-2-6;1-4(2)3/h1-5,9H;1-3H3. The lowest BCUT2D eigenvalue weighted by molar-refractivity contribution is 0.112. The van der Waals surface area contributed by atoms with Gasteiger partial charge in [0, 0.05) is 5.56 Å². The number of phenols is 1. The van der Waals surface area contributed by atoms with E-state index in [4.69, 9.17) is 5.11 Å². The van der Waals surface area contributed by atoms with Gasteiger partial charge in [0.1, 0.15) is 12.0 Å². The molecule has 3 nitrogen and oxygen atoms in total. The Bertz CT molecular complexity index is 239. The quantitative estimate of drug-likeness (QED) is 0.665. The van der Waals surface area contributed by atoms with Crippen LogP contribution in [-0.2, 0) is 0 Å². The van der Waals surface area contributed by atoms with Gasteiger partial charge in [-0.15, -0.1) is 0 Å². The minimum absolute atomic E-state index is 0.181. The fourth-order valence-corrected chi connectivity index (χ4v) is 0.553. The minimum atomic E-state index is 0.181. The molecule has 13 heavy (non-hydrogen) atoms. The molecule has 1 aromatic rings. The average Bonchev–Trinajstić information content (AvgIpc) is 2.05. The Kier molecular flexibility index (Phi) is 5.55. The van der Waals surface area contributed by atoms with Gasteiger partial charge in [0.25, 0.3) is 0 Å². The van der Waals surface area contributed by atoms with E-state index in [1.54, 1.807) is 12.1 Å². The molecule has 3 heteroatoms. The number of carbonyl (C=O) groups excluding carboxylic acids is 1. The molecule has 0 saturated heterocycles. The Morgan fingerprint density at radius 3 is 1.85 bits per heavy atom. The summed E-state index contributed by atoms with van der Waals surface area (Å²) in [6.45, 7) is 0. The molecule has 0 saturated carbocycles. The van der Waals surface area contributed by atoms with Crippen LogP contribution in [0.4, 0.5) is 0 Å². The highest BCUT2D eigenvalue weighted by Crippen LogP contribution is 2.07. The smallest absolute Gasteiger partial charge is 0.150 e. The van der Waals surface area contributed by atoms with E-state index < -0.39 is 0 Å². The zero-order chi connectivity index (χ0) is 10.3. The van der Waals surface area contributed by atoms with E-state index in [2.05, 4.69) is 0 Å². The van der Waals surface area contributed by atoms with Gasteiger partial charge in [-0.3, -0.25) is 4.79 Å². The second kappa shape index (κ2) is 6.20. The van der Waals surface area contributed by atoms with E-state index in [1.807, 2.05) is 26.0 Å². The monoisotopic (exact) mass is 181 g/mol. The van der Waals surface area contributed by atoms with Crippen LogP contribution in [0.1, 0.15) is 10.4 Å². The number of rotatable bonds is 1. The fourth-order valence-electron chi connectivity index (χ4n) is 0.553. The highest BCUT2D eigenvalue weighted by atomic mass is 16.3. The largest absolute Gasteiger partial charge is 0.508 e. The van der Waals surface area contributed by atoms with Gasteiger partial charge in [-0.05, 0) is 45.4 Å². The second-order valence-electron chi connectivity index (χ2n) is 3.05. The van der Waals surface area contributed by atoms with Crippen molar-refractivity contribution in [3.05, 3.63) is 29.8 Å². The molecule has 0 aliphatic carbocycles. The topological polar surface area (TPSA) is 40.5 Å². The van der Waals surface area contributed by atoms with Gasteiger partial charge in [0.05, 0.1) is 0 Å². The Morgan fingerprint density at radius 2 is 1.54 bits per heavy atom. The van der Waals surface area contributed by atoms with Crippen molar-refractivity contribution in [3.63, 3.8) is 0 Å². The van der Waals surface area contributed by atoms with Gasteiger partial charge in [-0.2, -0.15) is 0 Å². The summed E-state index contributed by atoms with van der Waals surface area (Å²) in [5.41, 5.74) is 0.577. The molecule has 0 heterocycles. The number of hydrogen-bond donors (Lipinski definition) is 1. The van der Waals surface area contributed by atoms with Crippen molar-refractivity contribution in [2.75, 3.05) is 21.1 Å². The molecule has 0 fully saturated rings.